The van der Waals surface area contributed by atoms with E-state index < -0.39 is 5.51 Å². The van der Waals surface area contributed by atoms with Gasteiger partial charge in [0.15, 0.2) is 0 Å². The Balaban J connectivity index is 0.00000225. The Bertz CT molecular complexity index is 511. The smallest absolute Gasteiger partial charge is 0.314 e. The van der Waals surface area contributed by atoms with Crippen LogP contribution in [0.2, 0.25) is 0 Å². The number of hydrogen-bond acceptors (Lipinski definition) is 3. The number of thioether (sulfide) groups is 1. The largest absolute Gasteiger partial charge is 0.446 e. The van der Waals surface area contributed by atoms with E-state index in [1.54, 1.807) is 12.1 Å². The number of benzene rings is 1. The van der Waals surface area contributed by atoms with Gasteiger partial charge in [0.25, 0.3) is 0 Å². The minimum absolute atomic E-state index is 0. The van der Waals surface area contributed by atoms with Gasteiger partial charge < -0.3 is 5.32 Å². The van der Waals surface area contributed by atoms with Gasteiger partial charge >= 0.3 is 5.51 Å². The van der Waals surface area contributed by atoms with Crippen LogP contribution in [0.4, 0.5) is 13.2 Å². The van der Waals surface area contributed by atoms with Crippen molar-refractivity contribution in [3.05, 3.63) is 29.8 Å². The summed E-state index contributed by atoms with van der Waals surface area (Å²) in [5.74, 6) is 0.465. The van der Waals surface area contributed by atoms with Gasteiger partial charge in [-0.3, -0.25) is 4.90 Å². The van der Waals surface area contributed by atoms with Crippen molar-refractivity contribution in [1.29, 1.82) is 0 Å². The van der Waals surface area contributed by atoms with Gasteiger partial charge in [-0.05, 0) is 42.2 Å². The van der Waals surface area contributed by atoms with Crippen LogP contribution in [0.3, 0.4) is 0 Å². The lowest BCUT2D eigenvalue weighted by atomic mass is 9.80. The van der Waals surface area contributed by atoms with E-state index in [2.05, 4.69) is 10.2 Å². The maximum atomic E-state index is 13.0. The van der Waals surface area contributed by atoms with Gasteiger partial charge in [0.2, 0.25) is 0 Å². The molecule has 1 saturated heterocycles. The SMILES string of the molecule is Cl.FC(F)(F)Sc1ccccc1[C@H](C1CCCCC1)N1CCNCC1. The van der Waals surface area contributed by atoms with E-state index in [1.807, 2.05) is 12.1 Å². The summed E-state index contributed by atoms with van der Waals surface area (Å²) in [6.07, 6.45) is 5.90. The molecule has 0 unspecified atom stereocenters. The summed E-state index contributed by atoms with van der Waals surface area (Å²) < 4.78 is 39.0. The van der Waals surface area contributed by atoms with Crippen LogP contribution in [0.5, 0.6) is 0 Å². The first kappa shape index (κ1) is 20.9. The molecule has 0 spiro atoms. The highest BCUT2D eigenvalue weighted by molar-refractivity contribution is 8.00. The summed E-state index contributed by atoms with van der Waals surface area (Å²) in [6, 6.07) is 7.25. The van der Waals surface area contributed by atoms with Gasteiger partial charge in [0, 0.05) is 37.1 Å². The molecule has 25 heavy (non-hydrogen) atoms. The second kappa shape index (κ2) is 9.49. The van der Waals surface area contributed by atoms with Crippen molar-refractivity contribution in [3.63, 3.8) is 0 Å². The number of nitrogens with one attached hydrogen (secondary N) is 1. The van der Waals surface area contributed by atoms with Crippen LogP contribution < -0.4 is 5.32 Å². The fourth-order valence-electron chi connectivity index (χ4n) is 4.10. The van der Waals surface area contributed by atoms with E-state index in [1.165, 1.54) is 19.3 Å². The van der Waals surface area contributed by atoms with E-state index in [-0.39, 0.29) is 30.2 Å². The summed E-state index contributed by atoms with van der Waals surface area (Å²) in [6.45, 7) is 3.65. The van der Waals surface area contributed by atoms with Crippen molar-refractivity contribution < 1.29 is 13.2 Å². The Morgan fingerprint density at radius 1 is 1.04 bits per heavy atom. The number of piperazine rings is 1. The summed E-state index contributed by atoms with van der Waals surface area (Å²) in [5, 5.41) is 3.35. The third-order valence-corrected chi connectivity index (χ3v) is 5.93. The highest BCUT2D eigenvalue weighted by Crippen LogP contribution is 2.45. The summed E-state index contributed by atoms with van der Waals surface area (Å²) in [4.78, 5) is 2.78. The normalized spacial score (nSPS) is 21.6. The molecule has 0 radical (unpaired) electrons. The highest BCUT2D eigenvalue weighted by Gasteiger charge is 2.36. The van der Waals surface area contributed by atoms with Crippen molar-refractivity contribution in [1.82, 2.24) is 10.2 Å². The molecule has 1 N–H and O–H groups in total. The Morgan fingerprint density at radius 2 is 1.68 bits per heavy atom. The topological polar surface area (TPSA) is 15.3 Å². The Morgan fingerprint density at radius 3 is 2.32 bits per heavy atom. The first-order valence-corrected chi connectivity index (χ1v) is 9.66. The molecule has 1 atom stereocenters. The maximum absolute atomic E-state index is 13.0. The summed E-state index contributed by atoms with van der Waals surface area (Å²) in [7, 11) is 0. The van der Waals surface area contributed by atoms with Crippen LogP contribution >= 0.6 is 24.2 Å². The molecule has 1 heterocycles. The van der Waals surface area contributed by atoms with E-state index in [9.17, 15) is 13.2 Å². The van der Waals surface area contributed by atoms with Gasteiger partial charge in [-0.2, -0.15) is 13.2 Å². The first-order chi connectivity index (χ1) is 11.5. The lowest BCUT2D eigenvalue weighted by Crippen LogP contribution is -2.47. The predicted octanol–water partition coefficient (Wildman–Crippen LogP) is 5.25. The molecule has 1 aromatic rings. The van der Waals surface area contributed by atoms with Crippen molar-refractivity contribution in [2.75, 3.05) is 26.2 Å². The molecule has 0 bridgehead atoms. The van der Waals surface area contributed by atoms with Crippen LogP contribution in [-0.2, 0) is 0 Å². The van der Waals surface area contributed by atoms with Crippen molar-refractivity contribution in [2.45, 2.75) is 48.5 Å². The average molecular weight is 395 g/mol. The molecule has 2 aliphatic rings. The van der Waals surface area contributed by atoms with Crippen LogP contribution in [-0.4, -0.2) is 36.6 Å². The zero-order chi connectivity index (χ0) is 17.0. The Hall–Kier alpha value is -0.430. The van der Waals surface area contributed by atoms with Crippen molar-refractivity contribution in [3.8, 4) is 0 Å². The summed E-state index contributed by atoms with van der Waals surface area (Å²) in [5.41, 5.74) is -3.37. The van der Waals surface area contributed by atoms with Crippen LogP contribution in [0.25, 0.3) is 0 Å². The molecule has 2 nitrogen and oxygen atoms in total. The molecule has 0 aromatic heterocycles. The van der Waals surface area contributed by atoms with E-state index in [4.69, 9.17) is 0 Å². The number of hydrogen-bond donors (Lipinski definition) is 1. The molecule has 2 fully saturated rings. The zero-order valence-corrected chi connectivity index (χ0v) is 15.9. The van der Waals surface area contributed by atoms with Gasteiger partial charge in [-0.25, -0.2) is 0 Å². The third kappa shape index (κ3) is 5.78. The quantitative estimate of drug-likeness (QED) is 0.702. The summed E-state index contributed by atoms with van der Waals surface area (Å²) >= 11 is 0.0414. The van der Waals surface area contributed by atoms with E-state index in [0.717, 1.165) is 44.6 Å². The molecule has 1 aromatic carbocycles. The van der Waals surface area contributed by atoms with Crippen molar-refractivity contribution >= 4 is 24.2 Å². The lowest BCUT2D eigenvalue weighted by Gasteiger charge is -2.42. The minimum Gasteiger partial charge on any atom is -0.314 e. The standard InChI is InChI=1S/C18H25F3N2S.ClH/c19-18(20,21)24-16-9-5-4-8-15(16)17(14-6-2-1-3-7-14)23-12-10-22-11-13-23;/h4-5,8-9,14,17,22H,1-3,6-7,10-13H2;1H/t17-;/m0./s1. The second-order valence-electron chi connectivity index (χ2n) is 6.71. The first-order valence-electron chi connectivity index (χ1n) is 8.84. The lowest BCUT2D eigenvalue weighted by molar-refractivity contribution is -0.0329. The van der Waals surface area contributed by atoms with Crippen LogP contribution in [0, 0.1) is 5.92 Å². The Labute approximate surface area is 158 Å². The average Bonchev–Trinajstić information content (AvgIpc) is 2.57. The fourth-order valence-corrected chi connectivity index (χ4v) is 4.80. The molecule has 7 heteroatoms. The van der Waals surface area contributed by atoms with Gasteiger partial charge in [0.05, 0.1) is 0 Å². The van der Waals surface area contributed by atoms with Crippen molar-refractivity contribution in [2.24, 2.45) is 5.92 Å². The Kier molecular flexibility index (Phi) is 7.92. The zero-order valence-electron chi connectivity index (χ0n) is 14.2. The molecular weight excluding hydrogens is 369 g/mol. The molecular formula is C18H26ClF3N2S. The maximum Gasteiger partial charge on any atom is 0.446 e. The van der Waals surface area contributed by atoms with Crippen LogP contribution in [0.1, 0.15) is 43.7 Å². The van der Waals surface area contributed by atoms with Gasteiger partial charge in [-0.15, -0.1) is 12.4 Å². The number of nitrogens with zero attached hydrogens (tertiary/aromatic N) is 1. The highest BCUT2D eigenvalue weighted by atomic mass is 35.5. The number of rotatable bonds is 4. The van der Waals surface area contributed by atoms with Gasteiger partial charge in [0.1, 0.15) is 0 Å². The van der Waals surface area contributed by atoms with Gasteiger partial charge in [-0.1, -0.05) is 37.5 Å². The monoisotopic (exact) mass is 394 g/mol. The molecule has 1 aliphatic carbocycles. The fraction of sp³-hybridized carbons (Fsp3) is 0.667. The predicted molar refractivity (Wildman–Crippen MR) is 99.4 cm³/mol. The molecule has 1 aliphatic heterocycles. The molecule has 0 amide bonds. The second-order valence-corrected chi connectivity index (χ2v) is 7.82. The molecule has 1 saturated carbocycles. The molecule has 142 valence electrons. The number of halogens is 4. The number of alkyl halides is 3. The van der Waals surface area contributed by atoms with E-state index in [0.29, 0.717) is 10.8 Å². The van der Waals surface area contributed by atoms with Crippen LogP contribution in [0.15, 0.2) is 29.2 Å². The molecule has 3 rings (SSSR count). The van der Waals surface area contributed by atoms with E-state index >= 15 is 0 Å². The third-order valence-electron chi connectivity index (χ3n) is 5.10. The minimum atomic E-state index is -4.24.